The summed E-state index contributed by atoms with van der Waals surface area (Å²) in [5.74, 6) is 0. The van der Waals surface area contributed by atoms with Crippen molar-refractivity contribution in [3.05, 3.63) is 34.3 Å². The van der Waals surface area contributed by atoms with Gasteiger partial charge in [-0.05, 0) is 18.6 Å². The van der Waals surface area contributed by atoms with Crippen LogP contribution in [0, 0.1) is 6.92 Å². The molecular formula is C11H16ClNO. The van der Waals surface area contributed by atoms with Gasteiger partial charge in [0.15, 0.2) is 0 Å². The molecule has 0 aromatic heterocycles. The van der Waals surface area contributed by atoms with Gasteiger partial charge in [0.2, 0.25) is 0 Å². The van der Waals surface area contributed by atoms with Crippen molar-refractivity contribution in [2.75, 3.05) is 20.3 Å². The van der Waals surface area contributed by atoms with Gasteiger partial charge < -0.3 is 10.1 Å². The highest BCUT2D eigenvalue weighted by Gasteiger charge is 1.99. The van der Waals surface area contributed by atoms with Crippen LogP contribution in [0.15, 0.2) is 18.2 Å². The maximum Gasteiger partial charge on any atom is 0.0587 e. The van der Waals surface area contributed by atoms with E-state index in [1.54, 1.807) is 7.11 Å². The van der Waals surface area contributed by atoms with Crippen LogP contribution in [0.3, 0.4) is 0 Å². The van der Waals surface area contributed by atoms with Gasteiger partial charge in [0.1, 0.15) is 0 Å². The first-order chi connectivity index (χ1) is 6.74. The fourth-order valence-electron chi connectivity index (χ4n) is 1.24. The molecule has 0 unspecified atom stereocenters. The van der Waals surface area contributed by atoms with Crippen LogP contribution < -0.4 is 5.32 Å². The third-order valence-corrected chi connectivity index (χ3v) is 2.37. The number of nitrogens with one attached hydrogen (secondary N) is 1. The summed E-state index contributed by atoms with van der Waals surface area (Å²) in [4.78, 5) is 0. The molecule has 0 atom stereocenters. The van der Waals surface area contributed by atoms with Crippen molar-refractivity contribution in [1.29, 1.82) is 0 Å². The second-order valence-electron chi connectivity index (χ2n) is 3.26. The van der Waals surface area contributed by atoms with Crippen LogP contribution in [0.1, 0.15) is 11.1 Å². The Hall–Kier alpha value is -0.570. The third kappa shape index (κ3) is 3.66. The lowest BCUT2D eigenvalue weighted by atomic mass is 10.1. The number of aryl methyl sites for hydroxylation is 1. The van der Waals surface area contributed by atoms with E-state index in [1.165, 1.54) is 5.56 Å². The number of benzene rings is 1. The summed E-state index contributed by atoms with van der Waals surface area (Å²) in [6.45, 7) is 4.43. The molecule has 3 heteroatoms. The third-order valence-electron chi connectivity index (χ3n) is 2.00. The van der Waals surface area contributed by atoms with Gasteiger partial charge in [0.05, 0.1) is 6.61 Å². The SMILES string of the molecule is COCCNCc1cc(C)ccc1Cl. The zero-order chi connectivity index (χ0) is 10.4. The lowest BCUT2D eigenvalue weighted by Crippen LogP contribution is -2.18. The molecule has 0 aliphatic heterocycles. The Bertz CT molecular complexity index is 289. The van der Waals surface area contributed by atoms with Gasteiger partial charge in [0, 0.05) is 25.2 Å². The van der Waals surface area contributed by atoms with Crippen molar-refractivity contribution in [3.63, 3.8) is 0 Å². The van der Waals surface area contributed by atoms with Gasteiger partial charge in [-0.3, -0.25) is 0 Å². The molecule has 0 aliphatic rings. The Kier molecular flexibility index (Phi) is 4.94. The maximum atomic E-state index is 6.04. The predicted molar refractivity (Wildman–Crippen MR) is 59.8 cm³/mol. The number of rotatable bonds is 5. The van der Waals surface area contributed by atoms with E-state index in [-0.39, 0.29) is 0 Å². The fraction of sp³-hybridized carbons (Fsp3) is 0.455. The second-order valence-corrected chi connectivity index (χ2v) is 3.67. The summed E-state index contributed by atoms with van der Waals surface area (Å²) in [7, 11) is 1.70. The van der Waals surface area contributed by atoms with Crippen molar-refractivity contribution >= 4 is 11.6 Å². The first-order valence-electron chi connectivity index (χ1n) is 4.68. The predicted octanol–water partition coefficient (Wildman–Crippen LogP) is 2.38. The highest BCUT2D eigenvalue weighted by Crippen LogP contribution is 2.16. The minimum absolute atomic E-state index is 0.726. The van der Waals surface area contributed by atoms with Crippen LogP contribution in [0.25, 0.3) is 0 Å². The average molecular weight is 214 g/mol. The molecule has 0 fully saturated rings. The number of methoxy groups -OCH3 is 1. The molecule has 0 saturated carbocycles. The highest BCUT2D eigenvalue weighted by atomic mass is 35.5. The zero-order valence-electron chi connectivity index (χ0n) is 8.64. The van der Waals surface area contributed by atoms with Crippen LogP contribution >= 0.6 is 11.6 Å². The molecular weight excluding hydrogens is 198 g/mol. The molecule has 14 heavy (non-hydrogen) atoms. The van der Waals surface area contributed by atoms with E-state index in [0.29, 0.717) is 0 Å². The van der Waals surface area contributed by atoms with Gasteiger partial charge in [-0.25, -0.2) is 0 Å². The first-order valence-corrected chi connectivity index (χ1v) is 5.06. The standard InChI is InChI=1S/C11H16ClNO/c1-9-3-4-11(12)10(7-9)8-13-5-6-14-2/h3-4,7,13H,5-6,8H2,1-2H3. The molecule has 0 saturated heterocycles. The molecule has 0 heterocycles. The Morgan fingerprint density at radius 2 is 2.21 bits per heavy atom. The molecule has 0 radical (unpaired) electrons. The highest BCUT2D eigenvalue weighted by molar-refractivity contribution is 6.31. The fourth-order valence-corrected chi connectivity index (χ4v) is 1.42. The number of halogens is 1. The van der Waals surface area contributed by atoms with Crippen LogP contribution in [0.2, 0.25) is 5.02 Å². The smallest absolute Gasteiger partial charge is 0.0587 e. The van der Waals surface area contributed by atoms with Gasteiger partial charge in [-0.2, -0.15) is 0 Å². The van der Waals surface area contributed by atoms with Crippen molar-refractivity contribution in [3.8, 4) is 0 Å². The minimum Gasteiger partial charge on any atom is -0.383 e. The van der Waals surface area contributed by atoms with Crippen LogP contribution in [0.4, 0.5) is 0 Å². The normalized spacial score (nSPS) is 10.5. The molecule has 0 spiro atoms. The number of hydrogen-bond acceptors (Lipinski definition) is 2. The molecule has 0 amide bonds. The van der Waals surface area contributed by atoms with E-state index in [1.807, 2.05) is 12.1 Å². The largest absolute Gasteiger partial charge is 0.383 e. The summed E-state index contributed by atoms with van der Waals surface area (Å²) in [5.41, 5.74) is 2.38. The van der Waals surface area contributed by atoms with E-state index in [4.69, 9.17) is 16.3 Å². The van der Waals surface area contributed by atoms with E-state index < -0.39 is 0 Å². The molecule has 1 rings (SSSR count). The van der Waals surface area contributed by atoms with Crippen LogP contribution in [-0.4, -0.2) is 20.3 Å². The molecule has 1 N–H and O–H groups in total. The topological polar surface area (TPSA) is 21.3 Å². The van der Waals surface area contributed by atoms with E-state index in [9.17, 15) is 0 Å². The van der Waals surface area contributed by atoms with E-state index in [2.05, 4.69) is 18.3 Å². The quantitative estimate of drug-likeness (QED) is 0.759. The Morgan fingerprint density at radius 1 is 1.43 bits per heavy atom. The van der Waals surface area contributed by atoms with Crippen molar-refractivity contribution < 1.29 is 4.74 Å². The lowest BCUT2D eigenvalue weighted by molar-refractivity contribution is 0.199. The average Bonchev–Trinajstić information content (AvgIpc) is 2.18. The Morgan fingerprint density at radius 3 is 2.93 bits per heavy atom. The molecule has 1 aromatic rings. The molecule has 1 aromatic carbocycles. The Labute approximate surface area is 90.2 Å². The van der Waals surface area contributed by atoms with Crippen LogP contribution in [0.5, 0.6) is 0 Å². The van der Waals surface area contributed by atoms with Crippen LogP contribution in [-0.2, 0) is 11.3 Å². The molecule has 0 aliphatic carbocycles. The van der Waals surface area contributed by atoms with Gasteiger partial charge in [0.25, 0.3) is 0 Å². The first kappa shape index (κ1) is 11.5. The second kappa shape index (κ2) is 6.02. The minimum atomic E-state index is 0.726. The summed E-state index contributed by atoms with van der Waals surface area (Å²) in [6, 6.07) is 6.05. The van der Waals surface area contributed by atoms with Gasteiger partial charge in [-0.1, -0.05) is 29.3 Å². The van der Waals surface area contributed by atoms with Crippen molar-refractivity contribution in [2.45, 2.75) is 13.5 Å². The van der Waals surface area contributed by atoms with E-state index in [0.717, 1.165) is 30.3 Å². The van der Waals surface area contributed by atoms with Crippen molar-refractivity contribution in [2.24, 2.45) is 0 Å². The monoisotopic (exact) mass is 213 g/mol. The summed E-state index contributed by atoms with van der Waals surface area (Å²) in [6.07, 6.45) is 0. The summed E-state index contributed by atoms with van der Waals surface area (Å²) in [5, 5.41) is 4.08. The Balaban J connectivity index is 2.45. The molecule has 2 nitrogen and oxygen atoms in total. The summed E-state index contributed by atoms with van der Waals surface area (Å²) >= 11 is 6.04. The maximum absolute atomic E-state index is 6.04. The summed E-state index contributed by atoms with van der Waals surface area (Å²) < 4.78 is 4.94. The lowest BCUT2D eigenvalue weighted by Gasteiger charge is -2.07. The van der Waals surface area contributed by atoms with Gasteiger partial charge in [-0.15, -0.1) is 0 Å². The number of hydrogen-bond donors (Lipinski definition) is 1. The van der Waals surface area contributed by atoms with E-state index >= 15 is 0 Å². The number of ether oxygens (including phenoxy) is 1. The zero-order valence-corrected chi connectivity index (χ0v) is 9.40. The molecule has 78 valence electrons. The van der Waals surface area contributed by atoms with Crippen molar-refractivity contribution in [1.82, 2.24) is 5.32 Å². The molecule has 0 bridgehead atoms. The van der Waals surface area contributed by atoms with Gasteiger partial charge >= 0.3 is 0 Å².